The number of aromatic nitrogens is 3. The molecule has 0 radical (unpaired) electrons. The van der Waals surface area contributed by atoms with Gasteiger partial charge in [-0.3, -0.25) is 4.79 Å². The third kappa shape index (κ3) is 26.9. The first-order chi connectivity index (χ1) is 21.5. The van der Waals surface area contributed by atoms with Crippen LogP contribution in [0.5, 0.6) is 0 Å². The predicted octanol–water partition coefficient (Wildman–Crippen LogP) is 4.10. The Morgan fingerprint density at radius 2 is 1.00 bits per heavy atom. The normalized spacial score (nSPS) is 11.8. The van der Waals surface area contributed by atoms with Crippen molar-refractivity contribution in [3.8, 4) is 0 Å². The largest absolute Gasteiger partial charge is 0.379 e. The molecule has 44 heavy (non-hydrogen) atoms. The summed E-state index contributed by atoms with van der Waals surface area (Å²) in [6.45, 7) is 17.8. The highest BCUT2D eigenvalue weighted by molar-refractivity contribution is 5.78. The second kappa shape index (κ2) is 30.2. The third-order valence-corrected chi connectivity index (χ3v) is 6.45. The van der Waals surface area contributed by atoms with Gasteiger partial charge in [-0.05, 0) is 24.7 Å². The molecule has 0 N–H and O–H groups in total. The van der Waals surface area contributed by atoms with Crippen LogP contribution in [0.3, 0.4) is 0 Å². The Balaban J connectivity index is 1.67. The van der Waals surface area contributed by atoms with Crippen molar-refractivity contribution in [3.63, 3.8) is 0 Å². The molecule has 0 amide bonds. The summed E-state index contributed by atoms with van der Waals surface area (Å²) in [5.74, 6) is 1.44. The monoisotopic (exact) mass is 631 g/mol. The number of hydrogen-bond donors (Lipinski definition) is 0. The second-order valence-electron chi connectivity index (χ2n) is 11.2. The van der Waals surface area contributed by atoms with Gasteiger partial charge >= 0.3 is 0 Å². The molecule has 0 unspecified atom stereocenters. The molecule has 258 valence electrons. The highest BCUT2D eigenvalue weighted by Crippen LogP contribution is 2.10. The standard InChI is InChI=1S/C32H61N3O9/c1-29(2)8-5-6-9-31(36)10-7-12-37-14-16-39-18-20-41-22-24-43-26-27-44-25-23-42-21-19-40-17-15-38-13-11-35-28-32(30(3)4)33-34-35/h28-30H,5-27H2,1-4H3. The predicted molar refractivity (Wildman–Crippen MR) is 168 cm³/mol. The van der Waals surface area contributed by atoms with Crippen LogP contribution in [0.25, 0.3) is 0 Å². The maximum absolute atomic E-state index is 11.8. The zero-order valence-corrected chi connectivity index (χ0v) is 28.0. The number of carbonyl (C=O) groups is 1. The number of unbranched alkanes of at least 4 members (excludes halogenated alkanes) is 1. The van der Waals surface area contributed by atoms with E-state index in [1.54, 1.807) is 4.68 Å². The van der Waals surface area contributed by atoms with Crippen LogP contribution >= 0.6 is 0 Å². The molecule has 0 fully saturated rings. The molecule has 0 aliphatic rings. The van der Waals surface area contributed by atoms with E-state index in [-0.39, 0.29) is 0 Å². The van der Waals surface area contributed by atoms with Crippen molar-refractivity contribution in [2.24, 2.45) is 5.92 Å². The van der Waals surface area contributed by atoms with Gasteiger partial charge in [-0.1, -0.05) is 45.7 Å². The minimum absolute atomic E-state index is 0.347. The zero-order valence-electron chi connectivity index (χ0n) is 28.0. The molecule has 0 bridgehead atoms. The number of rotatable bonds is 34. The molecule has 0 atom stereocenters. The third-order valence-electron chi connectivity index (χ3n) is 6.45. The Morgan fingerprint density at radius 3 is 1.41 bits per heavy atom. The van der Waals surface area contributed by atoms with Gasteiger partial charge in [-0.25, -0.2) is 4.68 Å². The Bertz CT molecular complexity index is 765. The topological polar surface area (TPSA) is 122 Å². The summed E-state index contributed by atoms with van der Waals surface area (Å²) < 4.78 is 45.8. The smallest absolute Gasteiger partial charge is 0.132 e. The number of carbonyl (C=O) groups excluding carboxylic acids is 1. The first-order valence-corrected chi connectivity index (χ1v) is 16.5. The van der Waals surface area contributed by atoms with Crippen molar-refractivity contribution in [1.29, 1.82) is 0 Å². The molecule has 0 saturated heterocycles. The Hall–Kier alpha value is -1.51. The minimum atomic E-state index is 0.347. The molecule has 12 nitrogen and oxygen atoms in total. The van der Waals surface area contributed by atoms with E-state index in [9.17, 15) is 4.79 Å². The van der Waals surface area contributed by atoms with Gasteiger partial charge in [0.05, 0.1) is 111 Å². The fourth-order valence-electron chi connectivity index (χ4n) is 3.86. The average molecular weight is 632 g/mol. The van der Waals surface area contributed by atoms with Crippen molar-refractivity contribution in [3.05, 3.63) is 11.9 Å². The van der Waals surface area contributed by atoms with E-state index in [0.29, 0.717) is 143 Å². The van der Waals surface area contributed by atoms with Gasteiger partial charge in [0.1, 0.15) is 5.78 Å². The van der Waals surface area contributed by atoms with Gasteiger partial charge < -0.3 is 37.9 Å². The van der Waals surface area contributed by atoms with E-state index in [2.05, 4.69) is 38.0 Å². The van der Waals surface area contributed by atoms with Gasteiger partial charge in [0.25, 0.3) is 0 Å². The number of hydrogen-bond acceptors (Lipinski definition) is 11. The van der Waals surface area contributed by atoms with Crippen LogP contribution in [0.2, 0.25) is 0 Å². The van der Waals surface area contributed by atoms with Crippen LogP contribution in [-0.2, 0) is 49.2 Å². The highest BCUT2D eigenvalue weighted by Gasteiger charge is 2.05. The van der Waals surface area contributed by atoms with Crippen molar-refractivity contribution in [2.75, 3.05) is 106 Å². The molecule has 1 aromatic rings. The van der Waals surface area contributed by atoms with E-state index in [0.717, 1.165) is 25.0 Å². The summed E-state index contributed by atoms with van der Waals surface area (Å²) in [6.07, 6.45) is 7.40. The van der Waals surface area contributed by atoms with Crippen molar-refractivity contribution < 1.29 is 42.7 Å². The Morgan fingerprint density at radius 1 is 0.591 bits per heavy atom. The van der Waals surface area contributed by atoms with E-state index in [1.807, 2.05) is 6.20 Å². The van der Waals surface area contributed by atoms with Crippen LogP contribution in [-0.4, -0.2) is 126 Å². The lowest BCUT2D eigenvalue weighted by molar-refractivity contribution is -0.119. The second-order valence-corrected chi connectivity index (χ2v) is 11.2. The quantitative estimate of drug-likeness (QED) is 0.102. The molecule has 0 aromatic carbocycles. The lowest BCUT2D eigenvalue weighted by Crippen LogP contribution is -2.15. The van der Waals surface area contributed by atoms with Gasteiger partial charge in [0.15, 0.2) is 0 Å². The highest BCUT2D eigenvalue weighted by atomic mass is 16.6. The average Bonchev–Trinajstić information content (AvgIpc) is 3.48. The summed E-state index contributed by atoms with van der Waals surface area (Å²) in [6, 6.07) is 0. The summed E-state index contributed by atoms with van der Waals surface area (Å²) in [5, 5.41) is 8.21. The molecule has 0 spiro atoms. The van der Waals surface area contributed by atoms with Gasteiger partial charge in [0.2, 0.25) is 0 Å². The summed E-state index contributed by atoms with van der Waals surface area (Å²) in [4.78, 5) is 11.8. The first-order valence-electron chi connectivity index (χ1n) is 16.5. The number of ether oxygens (including phenoxy) is 8. The zero-order chi connectivity index (χ0) is 31.9. The SMILES string of the molecule is CC(C)CCCCC(=O)CCCOCCOCCOCCOCCOCCOCCOCCOCCn1cc(C(C)C)nn1. The number of nitrogens with zero attached hydrogens (tertiary/aromatic N) is 3. The lowest BCUT2D eigenvalue weighted by atomic mass is 10.0. The number of Topliss-reactive ketones (excluding diaryl/α,β-unsaturated/α-hetero) is 1. The van der Waals surface area contributed by atoms with E-state index < -0.39 is 0 Å². The maximum atomic E-state index is 11.8. The Labute approximate surface area is 265 Å². The molecule has 12 heteroatoms. The van der Waals surface area contributed by atoms with Crippen molar-refractivity contribution in [1.82, 2.24) is 15.0 Å². The molecular weight excluding hydrogens is 570 g/mol. The molecule has 1 heterocycles. The van der Waals surface area contributed by atoms with Gasteiger partial charge in [0, 0.05) is 25.6 Å². The molecule has 0 saturated carbocycles. The van der Waals surface area contributed by atoms with Crippen LogP contribution in [0.15, 0.2) is 6.20 Å². The Kier molecular flexibility index (Phi) is 27.8. The molecular formula is C32H61N3O9. The van der Waals surface area contributed by atoms with Gasteiger partial charge in [-0.2, -0.15) is 0 Å². The van der Waals surface area contributed by atoms with Gasteiger partial charge in [-0.15, -0.1) is 5.10 Å². The summed E-state index contributed by atoms with van der Waals surface area (Å²) >= 11 is 0. The van der Waals surface area contributed by atoms with E-state index >= 15 is 0 Å². The first kappa shape index (κ1) is 40.5. The van der Waals surface area contributed by atoms with Crippen LogP contribution in [0.1, 0.15) is 77.8 Å². The summed E-state index contributed by atoms with van der Waals surface area (Å²) in [5.41, 5.74) is 0.991. The molecule has 1 aromatic heterocycles. The van der Waals surface area contributed by atoms with Crippen molar-refractivity contribution >= 4 is 5.78 Å². The van der Waals surface area contributed by atoms with E-state index in [4.69, 9.17) is 37.9 Å². The van der Waals surface area contributed by atoms with Crippen LogP contribution in [0, 0.1) is 5.92 Å². The number of ketones is 1. The lowest BCUT2D eigenvalue weighted by Gasteiger charge is -2.09. The fourth-order valence-corrected chi connectivity index (χ4v) is 3.86. The fraction of sp³-hybridized carbons (Fsp3) is 0.906. The molecule has 0 aliphatic heterocycles. The minimum Gasteiger partial charge on any atom is -0.379 e. The maximum Gasteiger partial charge on any atom is 0.132 e. The van der Waals surface area contributed by atoms with Crippen LogP contribution in [0.4, 0.5) is 0 Å². The van der Waals surface area contributed by atoms with Crippen molar-refractivity contribution in [2.45, 2.75) is 78.7 Å². The van der Waals surface area contributed by atoms with E-state index in [1.165, 1.54) is 6.42 Å². The molecule has 1 rings (SSSR count). The molecule has 0 aliphatic carbocycles. The van der Waals surface area contributed by atoms with Crippen LogP contribution < -0.4 is 0 Å². The summed E-state index contributed by atoms with van der Waals surface area (Å²) in [7, 11) is 0.